The lowest BCUT2D eigenvalue weighted by Crippen LogP contribution is -1.83. The van der Waals surface area contributed by atoms with Crippen molar-refractivity contribution in [3.8, 4) is 0 Å². The van der Waals surface area contributed by atoms with E-state index in [0.29, 0.717) is 0 Å². The average molecular weight is 315 g/mol. The predicted molar refractivity (Wildman–Crippen MR) is 51.7 cm³/mol. The van der Waals surface area contributed by atoms with Crippen molar-refractivity contribution in [3.63, 3.8) is 0 Å². The molecular weight excluding hydrogens is 310 g/mol. The third-order valence-corrected chi connectivity index (χ3v) is 2.70. The highest BCUT2D eigenvalue weighted by molar-refractivity contribution is 14.1. The van der Waals surface area contributed by atoms with Gasteiger partial charge in [0.1, 0.15) is 6.67 Å². The molecule has 0 fully saturated rings. The maximum Gasteiger partial charge on any atom is 0.116 e. The number of hydrogen-bond acceptors (Lipinski definition) is 0. The van der Waals surface area contributed by atoms with Crippen LogP contribution in [0.1, 0.15) is 5.56 Å². The Hall–Kier alpha value is 0.360. The third-order valence-electron chi connectivity index (χ3n) is 1.15. The zero-order chi connectivity index (χ0) is 7.56. The van der Waals surface area contributed by atoms with Crippen LogP contribution < -0.4 is 0 Å². The summed E-state index contributed by atoms with van der Waals surface area (Å²) in [6, 6.07) is 5.59. The second-order valence-corrected chi connectivity index (χ2v) is 3.95. The molecule has 1 rings (SSSR count). The van der Waals surface area contributed by atoms with E-state index in [9.17, 15) is 4.39 Å². The molecule has 0 unspecified atom stereocenters. The predicted octanol–water partition coefficient (Wildman–Crippen LogP) is 3.52. The van der Waals surface area contributed by atoms with Gasteiger partial charge in [0, 0.05) is 8.04 Å². The van der Waals surface area contributed by atoms with E-state index in [2.05, 4.69) is 38.5 Å². The summed E-state index contributed by atoms with van der Waals surface area (Å²) in [4.78, 5) is 0. The SMILES string of the molecule is FCc1cc(Br)ccc1I. The Morgan fingerprint density at radius 3 is 2.70 bits per heavy atom. The van der Waals surface area contributed by atoms with Crippen LogP contribution in [-0.2, 0) is 6.67 Å². The van der Waals surface area contributed by atoms with Gasteiger partial charge in [-0.3, -0.25) is 0 Å². The maximum absolute atomic E-state index is 12.1. The molecule has 0 saturated carbocycles. The first-order valence-electron chi connectivity index (χ1n) is 2.74. The van der Waals surface area contributed by atoms with Crippen LogP contribution in [0.15, 0.2) is 22.7 Å². The summed E-state index contributed by atoms with van der Waals surface area (Å²) in [6.45, 7) is -0.391. The lowest BCUT2D eigenvalue weighted by atomic mass is 10.2. The average Bonchev–Trinajstić information content (AvgIpc) is 1.94. The second kappa shape index (κ2) is 3.67. The number of benzene rings is 1. The molecule has 0 amide bonds. The van der Waals surface area contributed by atoms with E-state index in [0.717, 1.165) is 13.6 Å². The number of alkyl halides is 1. The van der Waals surface area contributed by atoms with Gasteiger partial charge in [0.2, 0.25) is 0 Å². The zero-order valence-corrected chi connectivity index (χ0v) is 8.82. The molecule has 0 N–H and O–H groups in total. The molecule has 54 valence electrons. The fourth-order valence-electron chi connectivity index (χ4n) is 0.646. The van der Waals surface area contributed by atoms with Crippen LogP contribution in [0, 0.1) is 3.57 Å². The first-order chi connectivity index (χ1) is 4.74. The van der Waals surface area contributed by atoms with E-state index in [1.807, 2.05) is 12.1 Å². The van der Waals surface area contributed by atoms with Crippen molar-refractivity contribution in [2.24, 2.45) is 0 Å². The standard InChI is InChI=1S/C7H5BrFI/c8-6-1-2-7(10)5(3-6)4-9/h1-3H,4H2. The van der Waals surface area contributed by atoms with Gasteiger partial charge in [-0.15, -0.1) is 0 Å². The highest BCUT2D eigenvalue weighted by Crippen LogP contribution is 2.18. The molecule has 0 spiro atoms. The minimum atomic E-state index is -0.391. The van der Waals surface area contributed by atoms with Gasteiger partial charge in [-0.1, -0.05) is 15.9 Å². The monoisotopic (exact) mass is 314 g/mol. The minimum Gasteiger partial charge on any atom is -0.246 e. The van der Waals surface area contributed by atoms with Gasteiger partial charge in [0.15, 0.2) is 0 Å². The molecule has 3 heteroatoms. The molecule has 0 bridgehead atoms. The number of rotatable bonds is 1. The molecular formula is C7H5BrFI. The van der Waals surface area contributed by atoms with Crippen LogP contribution in [0.5, 0.6) is 0 Å². The van der Waals surface area contributed by atoms with E-state index < -0.39 is 6.67 Å². The van der Waals surface area contributed by atoms with Crippen LogP contribution in [0.4, 0.5) is 4.39 Å². The lowest BCUT2D eigenvalue weighted by Gasteiger charge is -1.98. The molecule has 1 aromatic rings. The van der Waals surface area contributed by atoms with E-state index in [4.69, 9.17) is 0 Å². The van der Waals surface area contributed by atoms with Crippen LogP contribution in [0.3, 0.4) is 0 Å². The highest BCUT2D eigenvalue weighted by atomic mass is 127. The van der Waals surface area contributed by atoms with Gasteiger partial charge >= 0.3 is 0 Å². The third kappa shape index (κ3) is 1.92. The second-order valence-electron chi connectivity index (χ2n) is 1.87. The summed E-state index contributed by atoms with van der Waals surface area (Å²) in [6.07, 6.45) is 0. The summed E-state index contributed by atoms with van der Waals surface area (Å²) in [5.74, 6) is 0. The quantitative estimate of drug-likeness (QED) is 0.696. The zero-order valence-electron chi connectivity index (χ0n) is 5.07. The Morgan fingerprint density at radius 2 is 2.20 bits per heavy atom. The molecule has 0 atom stereocenters. The number of halogens is 3. The van der Waals surface area contributed by atoms with Crippen molar-refractivity contribution in [1.82, 2.24) is 0 Å². The molecule has 0 aliphatic carbocycles. The largest absolute Gasteiger partial charge is 0.246 e. The van der Waals surface area contributed by atoms with Gasteiger partial charge in [0.25, 0.3) is 0 Å². The van der Waals surface area contributed by atoms with Crippen LogP contribution >= 0.6 is 38.5 Å². The summed E-state index contributed by atoms with van der Waals surface area (Å²) < 4.78 is 14.0. The fraction of sp³-hybridized carbons (Fsp3) is 0.143. The summed E-state index contributed by atoms with van der Waals surface area (Å²) in [7, 11) is 0. The Balaban J connectivity index is 3.09. The van der Waals surface area contributed by atoms with Crippen molar-refractivity contribution in [3.05, 3.63) is 31.8 Å². The number of hydrogen-bond donors (Lipinski definition) is 0. The van der Waals surface area contributed by atoms with E-state index in [-0.39, 0.29) is 0 Å². The molecule has 0 aromatic heterocycles. The maximum atomic E-state index is 12.1. The summed E-state index contributed by atoms with van der Waals surface area (Å²) in [5.41, 5.74) is 0.745. The van der Waals surface area contributed by atoms with Gasteiger partial charge in [0.05, 0.1) is 0 Å². The lowest BCUT2D eigenvalue weighted by molar-refractivity contribution is 0.483. The van der Waals surface area contributed by atoms with Gasteiger partial charge in [-0.05, 0) is 46.4 Å². The minimum absolute atomic E-state index is 0.391. The first kappa shape index (κ1) is 8.46. The molecule has 0 aliphatic rings. The van der Waals surface area contributed by atoms with Gasteiger partial charge in [-0.25, -0.2) is 4.39 Å². The first-order valence-corrected chi connectivity index (χ1v) is 4.61. The molecule has 0 nitrogen and oxygen atoms in total. The normalized spacial score (nSPS) is 9.90. The Morgan fingerprint density at radius 1 is 1.50 bits per heavy atom. The van der Waals surface area contributed by atoms with Crippen molar-refractivity contribution in [1.29, 1.82) is 0 Å². The Bertz CT molecular complexity index is 237. The van der Waals surface area contributed by atoms with Crippen LogP contribution in [-0.4, -0.2) is 0 Å². The molecule has 1 aromatic carbocycles. The smallest absolute Gasteiger partial charge is 0.116 e. The van der Waals surface area contributed by atoms with Crippen molar-refractivity contribution >= 4 is 38.5 Å². The highest BCUT2D eigenvalue weighted by Gasteiger charge is 1.97. The van der Waals surface area contributed by atoms with E-state index >= 15 is 0 Å². The Labute approximate surface area is 81.1 Å². The van der Waals surface area contributed by atoms with Crippen LogP contribution in [0.25, 0.3) is 0 Å². The molecule has 0 aliphatic heterocycles. The van der Waals surface area contributed by atoms with Gasteiger partial charge < -0.3 is 0 Å². The molecule has 10 heavy (non-hydrogen) atoms. The van der Waals surface area contributed by atoms with Crippen molar-refractivity contribution < 1.29 is 4.39 Å². The van der Waals surface area contributed by atoms with Crippen molar-refractivity contribution in [2.45, 2.75) is 6.67 Å². The summed E-state index contributed by atoms with van der Waals surface area (Å²) in [5, 5.41) is 0. The van der Waals surface area contributed by atoms with Crippen LogP contribution in [0.2, 0.25) is 0 Å². The van der Waals surface area contributed by atoms with Gasteiger partial charge in [-0.2, -0.15) is 0 Å². The van der Waals surface area contributed by atoms with E-state index in [1.54, 1.807) is 6.07 Å². The molecule has 0 heterocycles. The molecule has 0 radical (unpaired) electrons. The topological polar surface area (TPSA) is 0 Å². The Kier molecular flexibility index (Phi) is 3.10. The molecule has 0 saturated heterocycles. The van der Waals surface area contributed by atoms with E-state index in [1.165, 1.54) is 0 Å². The van der Waals surface area contributed by atoms with Crippen molar-refractivity contribution in [2.75, 3.05) is 0 Å². The summed E-state index contributed by atoms with van der Waals surface area (Å²) >= 11 is 5.38. The fourth-order valence-corrected chi connectivity index (χ4v) is 1.53.